The molecule has 0 saturated heterocycles. The minimum atomic E-state index is -0.104. The Morgan fingerprint density at radius 2 is 0.941 bits per heavy atom. The van der Waals surface area contributed by atoms with E-state index in [1.807, 2.05) is 0 Å². The first-order valence-corrected chi connectivity index (χ1v) is 12.7. The van der Waals surface area contributed by atoms with Crippen molar-refractivity contribution in [3.8, 4) is 0 Å². The largest absolute Gasteiger partial charge is 0.0616 e. The summed E-state index contributed by atoms with van der Waals surface area (Å²) >= 11 is 0. The van der Waals surface area contributed by atoms with Crippen LogP contribution in [0.2, 0.25) is 0 Å². The molecule has 2 aromatic rings. The van der Waals surface area contributed by atoms with Gasteiger partial charge in [-0.05, 0) is 78.3 Å². The highest BCUT2D eigenvalue weighted by atomic mass is 14.6. The molecule has 34 heavy (non-hydrogen) atoms. The monoisotopic (exact) mass is 444 g/mol. The van der Waals surface area contributed by atoms with E-state index in [9.17, 15) is 0 Å². The van der Waals surface area contributed by atoms with Crippen molar-refractivity contribution >= 4 is 21.9 Å². The Morgan fingerprint density at radius 3 is 1.29 bits per heavy atom. The van der Waals surface area contributed by atoms with E-state index in [1.54, 1.807) is 0 Å². The number of allylic oxidation sites excluding steroid dienone is 12. The molecule has 4 aliphatic carbocycles. The number of hydrogen-bond donors (Lipinski definition) is 0. The zero-order valence-electron chi connectivity index (χ0n) is 21.9. The lowest BCUT2D eigenvalue weighted by Crippen LogP contribution is -2.48. The Balaban J connectivity index is 1.79. The van der Waals surface area contributed by atoms with Crippen LogP contribution in [0.3, 0.4) is 0 Å². The summed E-state index contributed by atoms with van der Waals surface area (Å²) in [7, 11) is 0. The van der Waals surface area contributed by atoms with Crippen LogP contribution in [0.4, 0.5) is 0 Å². The summed E-state index contributed by atoms with van der Waals surface area (Å²) in [6.45, 7) is 19.0. The third-order valence-electron chi connectivity index (χ3n) is 9.09. The van der Waals surface area contributed by atoms with Gasteiger partial charge in [-0.15, -0.1) is 0 Å². The fourth-order valence-corrected chi connectivity index (χ4v) is 6.59. The average molecular weight is 445 g/mol. The number of benzene rings is 2. The van der Waals surface area contributed by atoms with E-state index in [0.717, 1.165) is 0 Å². The Labute approximate surface area is 205 Å². The third-order valence-corrected chi connectivity index (χ3v) is 9.09. The highest BCUT2D eigenvalue weighted by molar-refractivity contribution is 6.02. The van der Waals surface area contributed by atoms with Crippen molar-refractivity contribution in [3.63, 3.8) is 0 Å². The average Bonchev–Trinajstić information content (AvgIpc) is 2.75. The number of fused-ring (bicyclic) bond motifs is 4. The van der Waals surface area contributed by atoms with Crippen LogP contribution in [0.15, 0.2) is 95.1 Å². The molecule has 0 saturated carbocycles. The third kappa shape index (κ3) is 2.60. The molecule has 2 aromatic carbocycles. The zero-order valence-corrected chi connectivity index (χ0v) is 21.9. The second-order valence-corrected chi connectivity index (χ2v) is 13.1. The second-order valence-electron chi connectivity index (χ2n) is 13.1. The van der Waals surface area contributed by atoms with Crippen molar-refractivity contribution < 1.29 is 0 Å². The SMILES string of the molecule is CC(C)(C)C1=CC2=CC=C3C=C(C(C)(C)C)C=C4c5cc6ccccc6cc5C(=C1)[C@@]2(C)[C@@]34C. The van der Waals surface area contributed by atoms with Crippen molar-refractivity contribution in [2.45, 2.75) is 55.4 Å². The van der Waals surface area contributed by atoms with Crippen LogP contribution in [-0.4, -0.2) is 0 Å². The molecule has 0 aromatic heterocycles. The summed E-state index contributed by atoms with van der Waals surface area (Å²) in [5.74, 6) is 0. The first-order valence-electron chi connectivity index (χ1n) is 12.7. The van der Waals surface area contributed by atoms with Crippen LogP contribution in [0.25, 0.3) is 21.9 Å². The molecule has 0 spiro atoms. The quantitative estimate of drug-likeness (QED) is 0.379. The molecule has 0 amide bonds. The molecular formula is C34H36. The smallest absolute Gasteiger partial charge is 0.0315 e. The molecule has 6 rings (SSSR count). The normalized spacial score (nSPS) is 27.5. The molecule has 172 valence electrons. The van der Waals surface area contributed by atoms with Crippen LogP contribution >= 0.6 is 0 Å². The first kappa shape index (κ1) is 21.7. The summed E-state index contributed by atoms with van der Waals surface area (Å²) in [5.41, 5.74) is 11.5. The van der Waals surface area contributed by atoms with E-state index >= 15 is 0 Å². The molecule has 4 aliphatic rings. The lowest BCUT2D eigenvalue weighted by atomic mass is 9.43. The molecule has 0 fully saturated rings. The fraction of sp³-hybridized carbons (Fsp3) is 0.353. The summed E-state index contributed by atoms with van der Waals surface area (Å²) in [5, 5.41) is 2.64. The minimum absolute atomic E-state index is 0.0963. The Hall–Kier alpha value is -2.86. The van der Waals surface area contributed by atoms with Gasteiger partial charge in [0.1, 0.15) is 0 Å². The highest BCUT2D eigenvalue weighted by Gasteiger charge is 2.59. The van der Waals surface area contributed by atoms with Gasteiger partial charge in [0.05, 0.1) is 0 Å². The van der Waals surface area contributed by atoms with Gasteiger partial charge in [-0.1, -0.05) is 116 Å². The molecule has 0 radical (unpaired) electrons. The predicted molar refractivity (Wildman–Crippen MR) is 147 cm³/mol. The van der Waals surface area contributed by atoms with E-state index < -0.39 is 0 Å². The van der Waals surface area contributed by atoms with Gasteiger partial charge in [0.25, 0.3) is 0 Å². The molecule has 0 nitrogen and oxygen atoms in total. The highest BCUT2D eigenvalue weighted by Crippen LogP contribution is 2.71. The summed E-state index contributed by atoms with van der Waals surface area (Å²) in [6, 6.07) is 13.7. The van der Waals surface area contributed by atoms with Gasteiger partial charge in [0.2, 0.25) is 0 Å². The molecule has 0 aliphatic heterocycles. The summed E-state index contributed by atoms with van der Waals surface area (Å²) in [6.07, 6.45) is 14.8. The van der Waals surface area contributed by atoms with Crippen LogP contribution in [0, 0.1) is 21.7 Å². The maximum atomic E-state index is 2.53. The molecule has 0 N–H and O–H groups in total. The predicted octanol–water partition coefficient (Wildman–Crippen LogP) is 9.47. The molecule has 0 bridgehead atoms. The Kier molecular flexibility index (Phi) is 4.09. The lowest BCUT2D eigenvalue weighted by Gasteiger charge is -2.59. The first-order chi connectivity index (χ1) is 15.8. The van der Waals surface area contributed by atoms with Crippen LogP contribution in [0.5, 0.6) is 0 Å². The van der Waals surface area contributed by atoms with Crippen molar-refractivity contribution in [1.29, 1.82) is 0 Å². The standard InChI is InChI=1S/C34H36/c1-31(2,3)25-17-23-13-14-24-18-26(32(4,5)6)20-30-28-16-22-12-10-9-11-21(22)15-27(28)29(19-25)33(23,7)34(24,30)8/h9-20H,1-8H3/t33-,34-/m0/s1. The summed E-state index contributed by atoms with van der Waals surface area (Å²) in [4.78, 5) is 0. The second kappa shape index (κ2) is 6.42. The van der Waals surface area contributed by atoms with E-state index in [-0.39, 0.29) is 21.7 Å². The van der Waals surface area contributed by atoms with Crippen LogP contribution in [-0.2, 0) is 0 Å². The van der Waals surface area contributed by atoms with Gasteiger partial charge in [-0.3, -0.25) is 0 Å². The molecule has 0 unspecified atom stereocenters. The van der Waals surface area contributed by atoms with Gasteiger partial charge >= 0.3 is 0 Å². The van der Waals surface area contributed by atoms with Crippen molar-refractivity contribution in [2.24, 2.45) is 21.7 Å². The summed E-state index contributed by atoms with van der Waals surface area (Å²) < 4.78 is 0. The Morgan fingerprint density at radius 1 is 0.559 bits per heavy atom. The minimum Gasteiger partial charge on any atom is -0.0616 e. The van der Waals surface area contributed by atoms with Gasteiger partial charge in [-0.2, -0.15) is 0 Å². The molecule has 2 atom stereocenters. The molecular weight excluding hydrogens is 408 g/mol. The van der Waals surface area contributed by atoms with E-state index in [4.69, 9.17) is 0 Å². The van der Waals surface area contributed by atoms with E-state index in [0.29, 0.717) is 0 Å². The van der Waals surface area contributed by atoms with Gasteiger partial charge < -0.3 is 0 Å². The number of rotatable bonds is 0. The Bertz CT molecular complexity index is 1350. The van der Waals surface area contributed by atoms with Crippen molar-refractivity contribution in [2.75, 3.05) is 0 Å². The van der Waals surface area contributed by atoms with Crippen molar-refractivity contribution in [1.82, 2.24) is 0 Å². The van der Waals surface area contributed by atoms with Crippen molar-refractivity contribution in [3.05, 3.63) is 106 Å². The molecule has 0 heterocycles. The van der Waals surface area contributed by atoms with Gasteiger partial charge in [0, 0.05) is 10.8 Å². The van der Waals surface area contributed by atoms with Crippen LogP contribution in [0.1, 0.15) is 66.5 Å². The topological polar surface area (TPSA) is 0 Å². The maximum absolute atomic E-state index is 2.53. The maximum Gasteiger partial charge on any atom is 0.0315 e. The van der Waals surface area contributed by atoms with Gasteiger partial charge in [0.15, 0.2) is 0 Å². The zero-order chi connectivity index (χ0) is 24.3. The van der Waals surface area contributed by atoms with Crippen LogP contribution < -0.4 is 0 Å². The lowest BCUT2D eigenvalue weighted by molar-refractivity contribution is 0.298. The van der Waals surface area contributed by atoms with Gasteiger partial charge in [-0.25, -0.2) is 0 Å². The fourth-order valence-electron chi connectivity index (χ4n) is 6.59. The molecule has 0 heteroatoms. The van der Waals surface area contributed by atoms with E-state index in [2.05, 4.69) is 128 Å². The number of hydrogen-bond acceptors (Lipinski definition) is 0. The van der Waals surface area contributed by atoms with E-state index in [1.165, 1.54) is 55.3 Å².